The first-order valence-electron chi connectivity index (χ1n) is 4.59. The molecule has 2 rings (SSSR count). The molecule has 2 fully saturated rings. The summed E-state index contributed by atoms with van der Waals surface area (Å²) in [5.74, 6) is -3.24. The van der Waals surface area contributed by atoms with Crippen molar-refractivity contribution in [1.29, 1.82) is 0 Å². The molecular weight excluding hydrogens is 178 g/mol. The van der Waals surface area contributed by atoms with E-state index < -0.39 is 5.92 Å². The molecule has 2 nitrogen and oxygen atoms in total. The van der Waals surface area contributed by atoms with Crippen molar-refractivity contribution < 1.29 is 18.3 Å². The minimum Gasteiger partial charge on any atom is -0.466 e. The Bertz CT molecular complexity index is 226. The van der Waals surface area contributed by atoms with Gasteiger partial charge in [0.25, 0.3) is 0 Å². The number of fused-ring (bicyclic) bond motifs is 1. The van der Waals surface area contributed by atoms with E-state index in [9.17, 15) is 13.6 Å². The molecule has 0 bridgehead atoms. The Morgan fingerprint density at radius 2 is 2.00 bits per heavy atom. The van der Waals surface area contributed by atoms with E-state index in [1.807, 2.05) is 0 Å². The quantitative estimate of drug-likeness (QED) is 0.621. The molecule has 0 N–H and O–H groups in total. The number of rotatable bonds is 2. The third-order valence-corrected chi connectivity index (χ3v) is 2.96. The molecule has 0 aromatic carbocycles. The number of hydrogen-bond acceptors (Lipinski definition) is 2. The second-order valence-electron chi connectivity index (χ2n) is 3.87. The van der Waals surface area contributed by atoms with E-state index in [2.05, 4.69) is 0 Å². The molecule has 3 atom stereocenters. The summed E-state index contributed by atoms with van der Waals surface area (Å²) >= 11 is 0. The number of esters is 1. The van der Waals surface area contributed by atoms with E-state index in [-0.39, 0.29) is 36.6 Å². The molecular formula is C9H12F2O2. The van der Waals surface area contributed by atoms with E-state index in [1.165, 1.54) is 0 Å². The van der Waals surface area contributed by atoms with Gasteiger partial charge in [-0.2, -0.15) is 0 Å². The molecule has 4 heteroatoms. The minimum absolute atomic E-state index is 0.103. The zero-order valence-electron chi connectivity index (χ0n) is 7.43. The maximum atomic E-state index is 12.7. The average molecular weight is 190 g/mol. The van der Waals surface area contributed by atoms with Crippen molar-refractivity contribution in [2.24, 2.45) is 17.8 Å². The van der Waals surface area contributed by atoms with Crippen LogP contribution in [-0.2, 0) is 9.53 Å². The zero-order chi connectivity index (χ0) is 9.64. The molecule has 74 valence electrons. The van der Waals surface area contributed by atoms with Crippen LogP contribution in [-0.4, -0.2) is 18.5 Å². The predicted octanol–water partition coefficient (Wildman–Crippen LogP) is 1.84. The SMILES string of the molecule is CCOC(=O)C1[C@H]2CC(F)(F)C[C@@H]12. The largest absolute Gasteiger partial charge is 0.466 e. The summed E-state index contributed by atoms with van der Waals surface area (Å²) in [4.78, 5) is 11.2. The maximum Gasteiger partial charge on any atom is 0.309 e. The molecule has 2 saturated carbocycles. The molecule has 0 saturated heterocycles. The first kappa shape index (κ1) is 8.91. The van der Waals surface area contributed by atoms with Crippen molar-refractivity contribution in [3.05, 3.63) is 0 Å². The van der Waals surface area contributed by atoms with Crippen LogP contribution >= 0.6 is 0 Å². The highest BCUT2D eigenvalue weighted by Gasteiger charge is 2.66. The molecule has 13 heavy (non-hydrogen) atoms. The van der Waals surface area contributed by atoms with E-state index in [1.54, 1.807) is 6.92 Å². The van der Waals surface area contributed by atoms with Gasteiger partial charge in [0.05, 0.1) is 12.5 Å². The van der Waals surface area contributed by atoms with Gasteiger partial charge in [0.1, 0.15) is 0 Å². The molecule has 0 heterocycles. The van der Waals surface area contributed by atoms with Crippen LogP contribution in [0.2, 0.25) is 0 Å². The Hall–Kier alpha value is -0.670. The van der Waals surface area contributed by atoms with Crippen LogP contribution in [0.3, 0.4) is 0 Å². The molecule has 2 aliphatic carbocycles. The summed E-state index contributed by atoms with van der Waals surface area (Å²) in [6.07, 6.45) is -0.248. The van der Waals surface area contributed by atoms with E-state index >= 15 is 0 Å². The van der Waals surface area contributed by atoms with Gasteiger partial charge in [0, 0.05) is 12.8 Å². The molecule has 0 amide bonds. The Kier molecular flexibility index (Phi) is 1.82. The summed E-state index contributed by atoms with van der Waals surface area (Å²) in [6, 6.07) is 0. The van der Waals surface area contributed by atoms with Crippen molar-refractivity contribution >= 4 is 5.97 Å². The molecule has 0 aromatic heterocycles. The Morgan fingerprint density at radius 3 is 2.46 bits per heavy atom. The zero-order valence-corrected chi connectivity index (χ0v) is 7.43. The van der Waals surface area contributed by atoms with Crippen molar-refractivity contribution in [2.45, 2.75) is 25.7 Å². The number of hydrogen-bond donors (Lipinski definition) is 0. The number of carbonyl (C=O) groups is 1. The number of carbonyl (C=O) groups excluding carboxylic acids is 1. The highest BCUT2D eigenvalue weighted by atomic mass is 19.3. The van der Waals surface area contributed by atoms with Gasteiger partial charge in [-0.25, -0.2) is 8.78 Å². The van der Waals surface area contributed by atoms with E-state index in [0.29, 0.717) is 6.61 Å². The Labute approximate surface area is 75.3 Å². The lowest BCUT2D eigenvalue weighted by atomic mass is 10.1. The Morgan fingerprint density at radius 1 is 1.46 bits per heavy atom. The van der Waals surface area contributed by atoms with Gasteiger partial charge < -0.3 is 4.74 Å². The summed E-state index contributed by atoms with van der Waals surface area (Å²) in [7, 11) is 0. The summed E-state index contributed by atoms with van der Waals surface area (Å²) in [5, 5.41) is 0. The molecule has 0 radical (unpaired) electrons. The molecule has 0 spiro atoms. The van der Waals surface area contributed by atoms with Crippen LogP contribution in [0.4, 0.5) is 8.78 Å². The molecule has 0 aromatic rings. The van der Waals surface area contributed by atoms with Crippen molar-refractivity contribution in [1.82, 2.24) is 0 Å². The first-order valence-corrected chi connectivity index (χ1v) is 4.59. The normalized spacial score (nSPS) is 39.8. The van der Waals surface area contributed by atoms with Crippen molar-refractivity contribution in [3.63, 3.8) is 0 Å². The molecule has 0 aliphatic heterocycles. The average Bonchev–Trinajstić information content (AvgIpc) is 2.51. The van der Waals surface area contributed by atoms with Gasteiger partial charge >= 0.3 is 5.97 Å². The lowest BCUT2D eigenvalue weighted by Crippen LogP contribution is -2.18. The van der Waals surface area contributed by atoms with Crippen molar-refractivity contribution in [3.8, 4) is 0 Å². The van der Waals surface area contributed by atoms with Crippen molar-refractivity contribution in [2.75, 3.05) is 6.61 Å². The number of ether oxygens (including phenoxy) is 1. The highest BCUT2D eigenvalue weighted by Crippen LogP contribution is 2.62. The van der Waals surface area contributed by atoms with Gasteiger partial charge in [-0.15, -0.1) is 0 Å². The van der Waals surface area contributed by atoms with Crippen LogP contribution < -0.4 is 0 Å². The molecule has 1 unspecified atom stereocenters. The molecule has 2 aliphatic rings. The lowest BCUT2D eigenvalue weighted by molar-refractivity contribution is -0.146. The highest BCUT2D eigenvalue weighted by molar-refractivity contribution is 5.76. The topological polar surface area (TPSA) is 26.3 Å². The van der Waals surface area contributed by atoms with Crippen LogP contribution in [0, 0.1) is 17.8 Å². The van der Waals surface area contributed by atoms with Gasteiger partial charge in [-0.3, -0.25) is 4.79 Å². The third kappa shape index (κ3) is 1.42. The second kappa shape index (κ2) is 2.66. The van der Waals surface area contributed by atoms with Crippen LogP contribution in [0.5, 0.6) is 0 Å². The third-order valence-electron chi connectivity index (χ3n) is 2.96. The van der Waals surface area contributed by atoms with Gasteiger partial charge in [-0.1, -0.05) is 0 Å². The number of halogens is 2. The predicted molar refractivity (Wildman–Crippen MR) is 41.3 cm³/mol. The maximum absolute atomic E-state index is 12.7. The van der Waals surface area contributed by atoms with Gasteiger partial charge in [-0.05, 0) is 18.8 Å². The second-order valence-corrected chi connectivity index (χ2v) is 3.87. The fourth-order valence-electron chi connectivity index (χ4n) is 2.36. The summed E-state index contributed by atoms with van der Waals surface area (Å²) < 4.78 is 30.2. The van der Waals surface area contributed by atoms with Crippen LogP contribution in [0.25, 0.3) is 0 Å². The number of alkyl halides is 2. The first-order chi connectivity index (χ1) is 6.05. The van der Waals surface area contributed by atoms with Crippen LogP contribution in [0.15, 0.2) is 0 Å². The Balaban J connectivity index is 1.88. The monoisotopic (exact) mass is 190 g/mol. The van der Waals surface area contributed by atoms with Gasteiger partial charge in [0.2, 0.25) is 5.92 Å². The summed E-state index contributed by atoms with van der Waals surface area (Å²) in [6.45, 7) is 2.07. The van der Waals surface area contributed by atoms with E-state index in [0.717, 1.165) is 0 Å². The lowest BCUT2D eigenvalue weighted by Gasteiger charge is -2.11. The van der Waals surface area contributed by atoms with E-state index in [4.69, 9.17) is 4.74 Å². The minimum atomic E-state index is -2.53. The standard InChI is InChI=1S/C9H12F2O2/c1-2-13-8(12)7-5-3-9(10,11)4-6(5)7/h5-7H,2-4H2,1H3/t5-,6+,7?. The fraction of sp³-hybridized carbons (Fsp3) is 0.889. The fourth-order valence-corrected chi connectivity index (χ4v) is 2.36. The summed E-state index contributed by atoms with van der Waals surface area (Å²) in [5.41, 5.74) is 0. The van der Waals surface area contributed by atoms with Gasteiger partial charge in [0.15, 0.2) is 0 Å². The smallest absolute Gasteiger partial charge is 0.309 e. The van der Waals surface area contributed by atoms with Crippen LogP contribution in [0.1, 0.15) is 19.8 Å².